The van der Waals surface area contributed by atoms with Crippen LogP contribution in [0.2, 0.25) is 0 Å². The molecule has 0 aliphatic carbocycles. The molecular weight excluding hydrogens is 474 g/mol. The first-order chi connectivity index (χ1) is 16.2. The molecule has 0 aliphatic rings. The van der Waals surface area contributed by atoms with Gasteiger partial charge in [0.15, 0.2) is 11.0 Å². The van der Waals surface area contributed by atoms with Crippen molar-refractivity contribution in [1.82, 2.24) is 19.1 Å². The second kappa shape index (κ2) is 10.9. The van der Waals surface area contributed by atoms with E-state index in [1.54, 1.807) is 26.2 Å². The fraction of sp³-hybridized carbons (Fsp3) is 0.261. The van der Waals surface area contributed by atoms with Crippen molar-refractivity contribution in [3.63, 3.8) is 0 Å². The number of thioether (sulfide) groups is 1. The molecule has 1 heterocycles. The molecule has 1 amide bonds. The molecule has 9 nitrogen and oxygen atoms in total. The molecule has 0 unspecified atom stereocenters. The van der Waals surface area contributed by atoms with E-state index in [0.29, 0.717) is 29.0 Å². The molecule has 1 aromatic heterocycles. The van der Waals surface area contributed by atoms with E-state index >= 15 is 0 Å². The number of aryl methyl sites for hydroxylation is 1. The van der Waals surface area contributed by atoms with Crippen LogP contribution in [0.15, 0.2) is 65.2 Å². The Hall–Kier alpha value is -3.15. The first kappa shape index (κ1) is 25.5. The summed E-state index contributed by atoms with van der Waals surface area (Å²) < 4.78 is 33.3. The maximum absolute atomic E-state index is 12.7. The van der Waals surface area contributed by atoms with Gasteiger partial charge in [0, 0.05) is 26.3 Å². The van der Waals surface area contributed by atoms with Crippen LogP contribution in [0.4, 0.5) is 5.69 Å². The van der Waals surface area contributed by atoms with E-state index in [1.807, 2.05) is 28.8 Å². The van der Waals surface area contributed by atoms with Gasteiger partial charge in [-0.3, -0.25) is 9.36 Å². The number of benzene rings is 2. The highest BCUT2D eigenvalue weighted by Crippen LogP contribution is 2.31. The number of carbonyl (C=O) groups is 1. The van der Waals surface area contributed by atoms with E-state index in [1.165, 1.54) is 38.0 Å². The highest BCUT2D eigenvalue weighted by Gasteiger charge is 2.20. The smallest absolute Gasteiger partial charge is 0.242 e. The van der Waals surface area contributed by atoms with Crippen LogP contribution in [0.25, 0.3) is 11.4 Å². The molecule has 0 saturated heterocycles. The Morgan fingerprint density at radius 1 is 1.24 bits per heavy atom. The standard InChI is InChI=1S/C23H27N5O4S2/c1-6-13-28-22(18-9-7-8-10-20(18)32-5)25-26-23(28)33-15-21(29)24-19-14-17(12-11-16(19)2)34(30,31)27(3)4/h6-12,14H,1,13,15H2,2-5H3,(H,24,29). The van der Waals surface area contributed by atoms with Gasteiger partial charge >= 0.3 is 0 Å². The Morgan fingerprint density at radius 3 is 2.65 bits per heavy atom. The Morgan fingerprint density at radius 2 is 1.97 bits per heavy atom. The van der Waals surface area contributed by atoms with Crippen molar-refractivity contribution in [1.29, 1.82) is 0 Å². The van der Waals surface area contributed by atoms with Gasteiger partial charge in [-0.1, -0.05) is 36.0 Å². The van der Waals surface area contributed by atoms with Gasteiger partial charge in [0.2, 0.25) is 15.9 Å². The van der Waals surface area contributed by atoms with Crippen LogP contribution in [-0.2, 0) is 21.4 Å². The van der Waals surface area contributed by atoms with Gasteiger partial charge in [-0.05, 0) is 36.8 Å². The number of nitrogens with one attached hydrogen (secondary N) is 1. The van der Waals surface area contributed by atoms with Crippen molar-refractivity contribution in [2.45, 2.75) is 23.5 Å². The fourth-order valence-corrected chi connectivity index (χ4v) is 4.82. The number of nitrogens with zero attached hydrogens (tertiary/aromatic N) is 4. The SMILES string of the molecule is C=CCn1c(SCC(=O)Nc2cc(S(=O)(=O)N(C)C)ccc2C)nnc1-c1ccccc1OC. The van der Waals surface area contributed by atoms with Crippen molar-refractivity contribution < 1.29 is 17.9 Å². The van der Waals surface area contributed by atoms with Gasteiger partial charge in [0.1, 0.15) is 5.75 Å². The number of aromatic nitrogens is 3. The maximum Gasteiger partial charge on any atom is 0.242 e. The number of hydrogen-bond acceptors (Lipinski definition) is 7. The van der Waals surface area contributed by atoms with Gasteiger partial charge in [-0.15, -0.1) is 16.8 Å². The minimum absolute atomic E-state index is 0.0608. The van der Waals surface area contributed by atoms with Crippen molar-refractivity contribution in [2.24, 2.45) is 0 Å². The van der Waals surface area contributed by atoms with Crippen LogP contribution >= 0.6 is 11.8 Å². The zero-order chi connectivity index (χ0) is 24.9. The van der Waals surface area contributed by atoms with Crippen LogP contribution in [-0.4, -0.2) is 60.4 Å². The summed E-state index contributed by atoms with van der Waals surface area (Å²) in [5.41, 5.74) is 1.98. The molecule has 0 aliphatic heterocycles. The first-order valence-electron chi connectivity index (χ1n) is 10.3. The van der Waals surface area contributed by atoms with Gasteiger partial charge in [-0.2, -0.15) is 0 Å². The average Bonchev–Trinajstić information content (AvgIpc) is 3.21. The number of amides is 1. The second-order valence-electron chi connectivity index (χ2n) is 7.51. The van der Waals surface area contributed by atoms with Crippen LogP contribution < -0.4 is 10.1 Å². The topological polar surface area (TPSA) is 106 Å². The Bertz CT molecular complexity index is 1300. The summed E-state index contributed by atoms with van der Waals surface area (Å²) in [6, 6.07) is 12.1. The molecule has 0 fully saturated rings. The van der Waals surface area contributed by atoms with Gasteiger partial charge in [0.25, 0.3) is 0 Å². The molecule has 34 heavy (non-hydrogen) atoms. The van der Waals surface area contributed by atoms with Crippen LogP contribution in [0.5, 0.6) is 5.75 Å². The van der Waals surface area contributed by atoms with E-state index in [9.17, 15) is 13.2 Å². The van der Waals surface area contributed by atoms with Crippen LogP contribution in [0, 0.1) is 6.92 Å². The van der Waals surface area contributed by atoms with Gasteiger partial charge in [-0.25, -0.2) is 12.7 Å². The van der Waals surface area contributed by atoms with E-state index in [0.717, 1.165) is 15.4 Å². The summed E-state index contributed by atoms with van der Waals surface area (Å²) in [6.07, 6.45) is 1.73. The monoisotopic (exact) mass is 501 g/mol. The second-order valence-corrected chi connectivity index (χ2v) is 10.6. The van der Waals surface area contributed by atoms with Crippen molar-refractivity contribution >= 4 is 33.4 Å². The maximum atomic E-state index is 12.7. The minimum atomic E-state index is -3.61. The van der Waals surface area contributed by atoms with Gasteiger partial charge < -0.3 is 10.1 Å². The summed E-state index contributed by atoms with van der Waals surface area (Å²) >= 11 is 1.23. The number of ether oxygens (including phenoxy) is 1. The highest BCUT2D eigenvalue weighted by atomic mass is 32.2. The Labute approximate surface area is 203 Å². The molecule has 0 spiro atoms. The molecular formula is C23H27N5O4S2. The fourth-order valence-electron chi connectivity index (χ4n) is 3.14. The largest absolute Gasteiger partial charge is 0.496 e. The quantitative estimate of drug-likeness (QED) is 0.335. The zero-order valence-corrected chi connectivity index (χ0v) is 21.1. The van der Waals surface area contributed by atoms with E-state index in [4.69, 9.17) is 4.74 Å². The summed E-state index contributed by atoms with van der Waals surface area (Å²) in [5.74, 6) is 1.04. The first-order valence-corrected chi connectivity index (χ1v) is 12.7. The number of methoxy groups -OCH3 is 1. The molecule has 180 valence electrons. The zero-order valence-electron chi connectivity index (χ0n) is 19.5. The average molecular weight is 502 g/mol. The summed E-state index contributed by atoms with van der Waals surface area (Å²) in [5, 5.41) is 11.9. The Balaban J connectivity index is 1.78. The number of sulfonamides is 1. The molecule has 2 aromatic carbocycles. The van der Waals surface area contributed by atoms with Crippen LogP contribution in [0.1, 0.15) is 5.56 Å². The van der Waals surface area contributed by atoms with Crippen LogP contribution in [0.3, 0.4) is 0 Å². The summed E-state index contributed by atoms with van der Waals surface area (Å²) in [4.78, 5) is 12.8. The Kier molecular flexibility index (Phi) is 8.13. The number of rotatable bonds is 10. The summed E-state index contributed by atoms with van der Waals surface area (Å²) in [7, 11) is 0.900. The lowest BCUT2D eigenvalue weighted by molar-refractivity contribution is -0.113. The van der Waals surface area contributed by atoms with E-state index in [-0.39, 0.29) is 16.6 Å². The highest BCUT2D eigenvalue weighted by molar-refractivity contribution is 7.99. The number of para-hydroxylation sites is 1. The number of hydrogen-bond donors (Lipinski definition) is 1. The number of anilines is 1. The molecule has 1 N–H and O–H groups in total. The third-order valence-corrected chi connectivity index (χ3v) is 7.75. The third kappa shape index (κ3) is 5.49. The number of allylic oxidation sites excluding steroid dienone is 1. The lowest BCUT2D eigenvalue weighted by atomic mass is 10.2. The molecule has 0 radical (unpaired) electrons. The van der Waals surface area contributed by atoms with Crippen molar-refractivity contribution in [3.05, 3.63) is 60.7 Å². The molecule has 11 heteroatoms. The minimum Gasteiger partial charge on any atom is -0.496 e. The van der Waals surface area contributed by atoms with Crippen molar-refractivity contribution in [3.8, 4) is 17.1 Å². The molecule has 0 bridgehead atoms. The lowest BCUT2D eigenvalue weighted by Gasteiger charge is -2.14. The number of carbonyl (C=O) groups excluding carboxylic acids is 1. The third-order valence-electron chi connectivity index (χ3n) is 4.97. The lowest BCUT2D eigenvalue weighted by Crippen LogP contribution is -2.22. The molecule has 3 rings (SSSR count). The molecule has 0 atom stereocenters. The molecule has 3 aromatic rings. The predicted molar refractivity (Wildman–Crippen MR) is 134 cm³/mol. The predicted octanol–water partition coefficient (Wildman–Crippen LogP) is 3.43. The van der Waals surface area contributed by atoms with Crippen molar-refractivity contribution in [2.75, 3.05) is 32.3 Å². The van der Waals surface area contributed by atoms with E-state index in [2.05, 4.69) is 22.1 Å². The summed E-state index contributed by atoms with van der Waals surface area (Å²) in [6.45, 7) is 6.06. The normalized spacial score (nSPS) is 11.4. The molecule has 0 saturated carbocycles. The van der Waals surface area contributed by atoms with Gasteiger partial charge in [0.05, 0.1) is 23.3 Å². The van der Waals surface area contributed by atoms with E-state index < -0.39 is 10.0 Å².